The van der Waals surface area contributed by atoms with Crippen molar-refractivity contribution in [1.29, 1.82) is 0 Å². The summed E-state index contributed by atoms with van der Waals surface area (Å²) in [7, 11) is -3.50. The van der Waals surface area contributed by atoms with E-state index in [-0.39, 0.29) is 5.91 Å². The molecule has 1 aliphatic rings. The van der Waals surface area contributed by atoms with Gasteiger partial charge in [-0.15, -0.1) is 0 Å². The topological polar surface area (TPSA) is 70.8 Å². The number of carbonyl (C=O) groups is 1. The maximum Gasteiger partial charge on any atom is 0.243 e. The number of benzene rings is 1. The van der Waals surface area contributed by atoms with E-state index in [1.165, 1.54) is 4.31 Å². The summed E-state index contributed by atoms with van der Waals surface area (Å²) in [6.45, 7) is 3.35. The molecule has 0 aliphatic carbocycles. The van der Waals surface area contributed by atoms with Crippen LogP contribution in [-0.4, -0.2) is 49.7 Å². The molecule has 0 saturated carbocycles. The number of furan rings is 1. The molecule has 0 spiro atoms. The molecule has 25 heavy (non-hydrogen) atoms. The number of nitrogens with zero attached hydrogens (tertiary/aromatic N) is 2. The van der Waals surface area contributed by atoms with Gasteiger partial charge in [-0.2, -0.15) is 4.31 Å². The number of hydrogen-bond donors (Lipinski definition) is 0. The van der Waals surface area contributed by atoms with Crippen LogP contribution in [0.2, 0.25) is 0 Å². The number of aryl methyl sites for hydroxylation is 2. The van der Waals surface area contributed by atoms with Crippen LogP contribution >= 0.6 is 0 Å². The first-order valence-electron chi connectivity index (χ1n) is 8.34. The molecule has 2 aromatic rings. The number of sulfonamides is 1. The smallest absolute Gasteiger partial charge is 0.243 e. The molecule has 1 amide bonds. The van der Waals surface area contributed by atoms with E-state index in [0.717, 1.165) is 11.3 Å². The Labute approximate surface area is 148 Å². The minimum atomic E-state index is -3.50. The zero-order valence-electron chi connectivity index (χ0n) is 14.2. The molecule has 0 bridgehead atoms. The Morgan fingerprint density at radius 1 is 1.12 bits per heavy atom. The first-order valence-corrected chi connectivity index (χ1v) is 9.78. The third kappa shape index (κ3) is 4.11. The third-order valence-corrected chi connectivity index (χ3v) is 6.28. The van der Waals surface area contributed by atoms with Gasteiger partial charge in [-0.05, 0) is 36.8 Å². The average Bonchev–Trinajstić information content (AvgIpc) is 3.13. The molecule has 0 N–H and O–H groups in total. The summed E-state index contributed by atoms with van der Waals surface area (Å²) in [5.41, 5.74) is 0.910. The van der Waals surface area contributed by atoms with Crippen LogP contribution in [0.15, 0.2) is 52.0 Å². The Morgan fingerprint density at radius 3 is 2.52 bits per heavy atom. The van der Waals surface area contributed by atoms with Crippen LogP contribution in [0.4, 0.5) is 0 Å². The fraction of sp³-hybridized carbons (Fsp3) is 0.389. The standard InChI is InChI=1S/C18H22N2O4S/c1-15-4-2-6-17(14-15)25(22,23)20-11-9-19(10-12-20)18(21)8-7-16-5-3-13-24-16/h2-6,13-14H,7-12H2,1H3. The minimum absolute atomic E-state index is 0.0315. The van der Waals surface area contributed by atoms with Gasteiger partial charge in [0.2, 0.25) is 15.9 Å². The third-order valence-electron chi connectivity index (χ3n) is 4.38. The Bertz CT molecular complexity index is 823. The van der Waals surface area contributed by atoms with Crippen molar-refractivity contribution >= 4 is 15.9 Å². The van der Waals surface area contributed by atoms with E-state index >= 15 is 0 Å². The Hall–Kier alpha value is -2.12. The van der Waals surface area contributed by atoms with Crippen LogP contribution < -0.4 is 0 Å². The molecule has 0 unspecified atom stereocenters. The summed E-state index contributed by atoms with van der Waals surface area (Å²) >= 11 is 0. The molecule has 1 saturated heterocycles. The second kappa shape index (κ2) is 7.41. The Kier molecular flexibility index (Phi) is 5.24. The van der Waals surface area contributed by atoms with Gasteiger partial charge in [0, 0.05) is 39.0 Å². The van der Waals surface area contributed by atoms with Crippen molar-refractivity contribution in [2.75, 3.05) is 26.2 Å². The van der Waals surface area contributed by atoms with E-state index in [4.69, 9.17) is 4.42 Å². The summed E-state index contributed by atoms with van der Waals surface area (Å²) in [5.74, 6) is 0.818. The number of amides is 1. The van der Waals surface area contributed by atoms with Crippen LogP contribution in [0.25, 0.3) is 0 Å². The Morgan fingerprint density at radius 2 is 1.88 bits per heavy atom. The molecule has 2 heterocycles. The molecule has 0 atom stereocenters. The lowest BCUT2D eigenvalue weighted by Crippen LogP contribution is -2.50. The molecule has 1 aromatic heterocycles. The van der Waals surface area contributed by atoms with Crippen LogP contribution in [0.5, 0.6) is 0 Å². The monoisotopic (exact) mass is 362 g/mol. The summed E-state index contributed by atoms with van der Waals surface area (Å²) in [5, 5.41) is 0. The van der Waals surface area contributed by atoms with Crippen molar-refractivity contribution in [3.05, 3.63) is 54.0 Å². The van der Waals surface area contributed by atoms with Crippen molar-refractivity contribution in [1.82, 2.24) is 9.21 Å². The summed E-state index contributed by atoms with van der Waals surface area (Å²) in [6, 6.07) is 10.6. The van der Waals surface area contributed by atoms with Gasteiger partial charge in [-0.25, -0.2) is 8.42 Å². The predicted octanol–water partition coefficient (Wildman–Crippen LogP) is 2.05. The second-order valence-corrected chi connectivity index (χ2v) is 8.12. The zero-order valence-corrected chi connectivity index (χ0v) is 15.0. The SMILES string of the molecule is Cc1cccc(S(=O)(=O)N2CCN(C(=O)CCc3ccco3)CC2)c1. The highest BCUT2D eigenvalue weighted by Gasteiger charge is 2.30. The molecule has 134 valence electrons. The second-order valence-electron chi connectivity index (χ2n) is 6.18. The quantitative estimate of drug-likeness (QED) is 0.816. The number of hydrogen-bond acceptors (Lipinski definition) is 4. The van der Waals surface area contributed by atoms with Crippen LogP contribution in [0.1, 0.15) is 17.7 Å². The van der Waals surface area contributed by atoms with E-state index in [9.17, 15) is 13.2 Å². The number of piperazine rings is 1. The van der Waals surface area contributed by atoms with Gasteiger partial charge in [-0.3, -0.25) is 4.79 Å². The highest BCUT2D eigenvalue weighted by Crippen LogP contribution is 2.19. The van der Waals surface area contributed by atoms with Crippen LogP contribution in [0.3, 0.4) is 0 Å². The van der Waals surface area contributed by atoms with E-state index in [1.807, 2.05) is 19.1 Å². The van der Waals surface area contributed by atoms with Crippen molar-refractivity contribution in [2.24, 2.45) is 0 Å². The predicted molar refractivity (Wildman–Crippen MR) is 93.5 cm³/mol. The minimum Gasteiger partial charge on any atom is -0.469 e. The highest BCUT2D eigenvalue weighted by atomic mass is 32.2. The molecule has 1 fully saturated rings. The molecule has 1 aromatic carbocycles. The van der Waals surface area contributed by atoms with Gasteiger partial charge in [0.1, 0.15) is 5.76 Å². The van der Waals surface area contributed by atoms with Gasteiger partial charge >= 0.3 is 0 Å². The fourth-order valence-electron chi connectivity index (χ4n) is 2.95. The highest BCUT2D eigenvalue weighted by molar-refractivity contribution is 7.89. The molecular weight excluding hydrogens is 340 g/mol. The molecule has 1 aliphatic heterocycles. The average molecular weight is 362 g/mol. The van der Waals surface area contributed by atoms with Crippen molar-refractivity contribution in [3.8, 4) is 0 Å². The molecule has 6 nitrogen and oxygen atoms in total. The maximum atomic E-state index is 12.7. The van der Waals surface area contributed by atoms with Crippen molar-refractivity contribution in [2.45, 2.75) is 24.7 Å². The van der Waals surface area contributed by atoms with E-state index < -0.39 is 10.0 Å². The summed E-state index contributed by atoms with van der Waals surface area (Å²) in [4.78, 5) is 14.3. The zero-order chi connectivity index (χ0) is 17.9. The van der Waals surface area contributed by atoms with Gasteiger partial charge in [0.25, 0.3) is 0 Å². The lowest BCUT2D eigenvalue weighted by Gasteiger charge is -2.34. The number of rotatable bonds is 5. The van der Waals surface area contributed by atoms with Gasteiger partial charge in [-0.1, -0.05) is 12.1 Å². The normalized spacial score (nSPS) is 16.1. The van der Waals surface area contributed by atoms with E-state index in [2.05, 4.69) is 0 Å². The first kappa shape index (κ1) is 17.7. The van der Waals surface area contributed by atoms with Crippen molar-refractivity contribution < 1.29 is 17.6 Å². The van der Waals surface area contributed by atoms with Crippen LogP contribution in [0, 0.1) is 6.92 Å². The molecule has 7 heteroatoms. The Balaban J connectivity index is 1.57. The largest absolute Gasteiger partial charge is 0.469 e. The fourth-order valence-corrected chi connectivity index (χ4v) is 4.47. The molecule has 0 radical (unpaired) electrons. The van der Waals surface area contributed by atoms with Crippen LogP contribution in [-0.2, 0) is 21.2 Å². The number of carbonyl (C=O) groups excluding carboxylic acids is 1. The van der Waals surface area contributed by atoms with Gasteiger partial charge in [0.05, 0.1) is 11.2 Å². The lowest BCUT2D eigenvalue weighted by atomic mass is 10.2. The van der Waals surface area contributed by atoms with Gasteiger partial charge < -0.3 is 9.32 Å². The van der Waals surface area contributed by atoms with Gasteiger partial charge in [0.15, 0.2) is 0 Å². The summed E-state index contributed by atoms with van der Waals surface area (Å²) < 4.78 is 32.1. The van der Waals surface area contributed by atoms with E-state index in [1.54, 1.807) is 35.4 Å². The van der Waals surface area contributed by atoms with E-state index in [0.29, 0.717) is 43.9 Å². The summed E-state index contributed by atoms with van der Waals surface area (Å²) in [6.07, 6.45) is 2.53. The molecular formula is C18H22N2O4S. The lowest BCUT2D eigenvalue weighted by molar-refractivity contribution is -0.132. The maximum absolute atomic E-state index is 12.7. The first-order chi connectivity index (χ1) is 12.0. The van der Waals surface area contributed by atoms with Crippen molar-refractivity contribution in [3.63, 3.8) is 0 Å². The molecule has 3 rings (SSSR count).